The van der Waals surface area contributed by atoms with Crippen LogP contribution in [0.15, 0.2) is 48.0 Å². The number of nitrogens with zero attached hydrogens (tertiary/aromatic N) is 1. The van der Waals surface area contributed by atoms with Crippen molar-refractivity contribution in [3.63, 3.8) is 0 Å². The van der Waals surface area contributed by atoms with Gasteiger partial charge in [0, 0.05) is 18.3 Å². The van der Waals surface area contributed by atoms with Crippen molar-refractivity contribution in [2.45, 2.75) is 0 Å². The smallest absolute Gasteiger partial charge is 0.266 e. The fourth-order valence-electron chi connectivity index (χ4n) is 2.13. The molecule has 0 aliphatic carbocycles. The molecule has 0 aliphatic rings. The Morgan fingerprint density at radius 1 is 1.19 bits per heavy atom. The molecule has 0 spiro atoms. The standard InChI is InChI=1S/C19H16ClN3O3/c1-22-18(24)13-5-3-12(4-6-13)9-14(11-21)19(25)23-15-7-8-17(26-2)16(20)10-15/h3-10H,1-2H3,(H,22,24)(H,23,25)/b14-9-. The Bertz CT molecular complexity index is 899. The highest BCUT2D eigenvalue weighted by molar-refractivity contribution is 6.32. The minimum atomic E-state index is -0.566. The van der Waals surface area contributed by atoms with Gasteiger partial charge >= 0.3 is 0 Å². The van der Waals surface area contributed by atoms with Crippen LogP contribution in [0.25, 0.3) is 6.08 Å². The van der Waals surface area contributed by atoms with Gasteiger partial charge in [-0.1, -0.05) is 23.7 Å². The molecule has 6 nitrogen and oxygen atoms in total. The van der Waals surface area contributed by atoms with E-state index in [4.69, 9.17) is 16.3 Å². The lowest BCUT2D eigenvalue weighted by atomic mass is 10.1. The van der Waals surface area contributed by atoms with E-state index in [1.807, 2.05) is 6.07 Å². The lowest BCUT2D eigenvalue weighted by molar-refractivity contribution is -0.112. The average molecular weight is 370 g/mol. The first-order valence-corrected chi connectivity index (χ1v) is 7.95. The summed E-state index contributed by atoms with van der Waals surface area (Å²) in [5, 5.41) is 14.7. The fraction of sp³-hybridized carbons (Fsp3) is 0.105. The predicted molar refractivity (Wildman–Crippen MR) is 100 cm³/mol. The van der Waals surface area contributed by atoms with E-state index in [1.54, 1.807) is 43.4 Å². The van der Waals surface area contributed by atoms with Crippen LogP contribution in [0, 0.1) is 11.3 Å². The van der Waals surface area contributed by atoms with Crippen LogP contribution in [0.5, 0.6) is 5.75 Å². The van der Waals surface area contributed by atoms with Crippen molar-refractivity contribution in [3.8, 4) is 11.8 Å². The third-order valence-corrected chi connectivity index (χ3v) is 3.78. The van der Waals surface area contributed by atoms with E-state index in [-0.39, 0.29) is 11.5 Å². The number of rotatable bonds is 5. The van der Waals surface area contributed by atoms with Gasteiger partial charge in [-0.15, -0.1) is 0 Å². The molecule has 0 heterocycles. The molecule has 2 aromatic rings. The van der Waals surface area contributed by atoms with Crippen molar-refractivity contribution in [1.29, 1.82) is 5.26 Å². The summed E-state index contributed by atoms with van der Waals surface area (Å²) >= 11 is 6.02. The van der Waals surface area contributed by atoms with Crippen molar-refractivity contribution in [2.24, 2.45) is 0 Å². The van der Waals surface area contributed by atoms with Crippen LogP contribution in [-0.4, -0.2) is 26.0 Å². The van der Waals surface area contributed by atoms with Crippen LogP contribution in [0.3, 0.4) is 0 Å². The Hall–Kier alpha value is -3.30. The number of benzene rings is 2. The number of ether oxygens (including phenoxy) is 1. The number of hydrogen-bond acceptors (Lipinski definition) is 4. The van der Waals surface area contributed by atoms with Crippen LogP contribution in [0.4, 0.5) is 5.69 Å². The van der Waals surface area contributed by atoms with Gasteiger partial charge in [0.25, 0.3) is 11.8 Å². The van der Waals surface area contributed by atoms with Gasteiger partial charge in [-0.3, -0.25) is 9.59 Å². The summed E-state index contributed by atoms with van der Waals surface area (Å²) in [6, 6.07) is 13.2. The molecule has 0 saturated carbocycles. The first-order chi connectivity index (χ1) is 12.5. The van der Waals surface area contributed by atoms with Crippen LogP contribution < -0.4 is 15.4 Å². The molecule has 0 saturated heterocycles. The number of halogens is 1. The maximum atomic E-state index is 12.3. The van der Waals surface area contributed by atoms with Crippen molar-refractivity contribution in [1.82, 2.24) is 5.32 Å². The van der Waals surface area contributed by atoms with Gasteiger partial charge < -0.3 is 15.4 Å². The third kappa shape index (κ3) is 4.62. The Kier molecular flexibility index (Phi) is 6.36. The molecule has 0 fully saturated rings. The van der Waals surface area contributed by atoms with Crippen LogP contribution in [-0.2, 0) is 4.79 Å². The lowest BCUT2D eigenvalue weighted by Crippen LogP contribution is -2.17. The summed E-state index contributed by atoms with van der Waals surface area (Å²) in [4.78, 5) is 23.8. The maximum absolute atomic E-state index is 12.3. The van der Waals surface area contributed by atoms with E-state index in [9.17, 15) is 14.9 Å². The SMILES string of the molecule is CNC(=O)c1ccc(/C=C(/C#N)C(=O)Nc2ccc(OC)c(Cl)c2)cc1. The first-order valence-electron chi connectivity index (χ1n) is 7.57. The lowest BCUT2D eigenvalue weighted by Gasteiger charge is -2.07. The molecule has 2 aromatic carbocycles. The summed E-state index contributed by atoms with van der Waals surface area (Å²) in [6.07, 6.45) is 1.44. The summed E-state index contributed by atoms with van der Waals surface area (Å²) in [5.41, 5.74) is 1.47. The van der Waals surface area contributed by atoms with E-state index in [1.165, 1.54) is 19.3 Å². The molecule has 0 aliphatic heterocycles. The summed E-state index contributed by atoms with van der Waals surface area (Å²) in [7, 11) is 3.03. The van der Waals surface area contributed by atoms with E-state index in [2.05, 4.69) is 10.6 Å². The highest BCUT2D eigenvalue weighted by Gasteiger charge is 2.11. The number of amides is 2. The second-order valence-electron chi connectivity index (χ2n) is 5.17. The molecular weight excluding hydrogens is 354 g/mol. The molecule has 2 amide bonds. The molecule has 132 valence electrons. The largest absolute Gasteiger partial charge is 0.495 e. The topological polar surface area (TPSA) is 91.2 Å². The second kappa shape index (κ2) is 8.70. The first kappa shape index (κ1) is 19.0. The number of nitriles is 1. The van der Waals surface area contributed by atoms with E-state index < -0.39 is 5.91 Å². The number of anilines is 1. The van der Waals surface area contributed by atoms with Gasteiger partial charge in [-0.05, 0) is 42.0 Å². The van der Waals surface area contributed by atoms with Crippen LogP contribution in [0.1, 0.15) is 15.9 Å². The molecule has 0 bridgehead atoms. The van der Waals surface area contributed by atoms with Gasteiger partial charge in [0.05, 0.1) is 12.1 Å². The van der Waals surface area contributed by atoms with Gasteiger partial charge in [0.15, 0.2) is 0 Å². The zero-order chi connectivity index (χ0) is 19.1. The quantitative estimate of drug-likeness (QED) is 0.625. The Morgan fingerprint density at radius 2 is 1.88 bits per heavy atom. The summed E-state index contributed by atoms with van der Waals surface area (Å²) < 4.78 is 5.05. The Morgan fingerprint density at radius 3 is 2.42 bits per heavy atom. The Balaban J connectivity index is 2.18. The van der Waals surface area contributed by atoms with E-state index >= 15 is 0 Å². The van der Waals surface area contributed by atoms with Crippen LogP contribution >= 0.6 is 11.6 Å². The highest BCUT2D eigenvalue weighted by atomic mass is 35.5. The molecule has 0 unspecified atom stereocenters. The zero-order valence-electron chi connectivity index (χ0n) is 14.2. The minimum absolute atomic E-state index is 0.0790. The number of nitrogens with one attached hydrogen (secondary N) is 2. The van der Waals surface area contributed by atoms with Gasteiger partial charge in [-0.2, -0.15) is 5.26 Å². The second-order valence-corrected chi connectivity index (χ2v) is 5.58. The van der Waals surface area contributed by atoms with Crippen LogP contribution in [0.2, 0.25) is 5.02 Å². The molecule has 0 radical (unpaired) electrons. The maximum Gasteiger partial charge on any atom is 0.266 e. The fourth-order valence-corrected chi connectivity index (χ4v) is 2.39. The molecule has 2 N–H and O–H groups in total. The van der Waals surface area contributed by atoms with Gasteiger partial charge in [0.1, 0.15) is 17.4 Å². The number of carbonyl (C=O) groups excluding carboxylic acids is 2. The van der Waals surface area contributed by atoms with E-state index in [0.717, 1.165) is 0 Å². The van der Waals surface area contributed by atoms with Crippen molar-refractivity contribution < 1.29 is 14.3 Å². The van der Waals surface area contributed by atoms with Crippen molar-refractivity contribution in [3.05, 3.63) is 64.2 Å². The molecule has 2 rings (SSSR count). The monoisotopic (exact) mass is 369 g/mol. The number of hydrogen-bond donors (Lipinski definition) is 2. The predicted octanol–water partition coefficient (Wildman–Crippen LogP) is 3.25. The average Bonchev–Trinajstić information content (AvgIpc) is 2.66. The number of methoxy groups -OCH3 is 1. The van der Waals surface area contributed by atoms with Gasteiger partial charge in [-0.25, -0.2) is 0 Å². The van der Waals surface area contributed by atoms with Crippen molar-refractivity contribution in [2.75, 3.05) is 19.5 Å². The normalized spacial score (nSPS) is 10.6. The molecule has 0 atom stereocenters. The Labute approximate surface area is 156 Å². The third-order valence-electron chi connectivity index (χ3n) is 3.49. The highest BCUT2D eigenvalue weighted by Crippen LogP contribution is 2.27. The molecule has 7 heteroatoms. The van der Waals surface area contributed by atoms with Crippen molar-refractivity contribution >= 4 is 35.2 Å². The zero-order valence-corrected chi connectivity index (χ0v) is 14.9. The minimum Gasteiger partial charge on any atom is -0.495 e. The van der Waals surface area contributed by atoms with E-state index in [0.29, 0.717) is 27.6 Å². The van der Waals surface area contributed by atoms with Gasteiger partial charge in [0.2, 0.25) is 0 Å². The molecule has 0 aromatic heterocycles. The molecular formula is C19H16ClN3O3. The summed E-state index contributed by atoms with van der Waals surface area (Å²) in [5.74, 6) is -0.295. The molecule has 26 heavy (non-hydrogen) atoms. The number of carbonyl (C=O) groups is 2. The summed E-state index contributed by atoms with van der Waals surface area (Å²) in [6.45, 7) is 0.